The lowest BCUT2D eigenvalue weighted by atomic mass is 9.97. The second-order valence-corrected chi connectivity index (χ2v) is 11.3. The van der Waals surface area contributed by atoms with E-state index in [-0.39, 0.29) is 11.7 Å². The van der Waals surface area contributed by atoms with Crippen molar-refractivity contribution in [1.29, 1.82) is 0 Å². The van der Waals surface area contributed by atoms with E-state index in [1.54, 1.807) is 11.3 Å². The highest BCUT2D eigenvalue weighted by Gasteiger charge is 2.24. The van der Waals surface area contributed by atoms with E-state index in [0.717, 1.165) is 40.1 Å². The molecule has 0 saturated heterocycles. The lowest BCUT2D eigenvalue weighted by molar-refractivity contribution is -0.113. The molecule has 36 heavy (non-hydrogen) atoms. The van der Waals surface area contributed by atoms with Crippen molar-refractivity contribution in [3.8, 4) is 22.5 Å². The van der Waals surface area contributed by atoms with Crippen molar-refractivity contribution in [3.63, 3.8) is 0 Å². The summed E-state index contributed by atoms with van der Waals surface area (Å²) in [6.45, 7) is 8.25. The summed E-state index contributed by atoms with van der Waals surface area (Å²) >= 11 is 4.33. The number of nitrogens with one attached hydrogen (secondary N) is 1. The Kier molecular flexibility index (Phi) is 7.97. The molecule has 4 aromatic rings. The summed E-state index contributed by atoms with van der Waals surface area (Å²) in [5.74, 6) is 0.214. The predicted molar refractivity (Wildman–Crippen MR) is 148 cm³/mol. The maximum Gasteiger partial charge on any atom is 0.341 e. The number of aromatic nitrogens is 3. The van der Waals surface area contributed by atoms with Gasteiger partial charge >= 0.3 is 5.97 Å². The van der Waals surface area contributed by atoms with Gasteiger partial charge in [0.15, 0.2) is 11.0 Å². The number of anilines is 1. The minimum absolute atomic E-state index is 0.132. The van der Waals surface area contributed by atoms with Crippen LogP contribution in [-0.4, -0.2) is 39.5 Å². The molecule has 3 aromatic heterocycles. The number of hydrogen-bond acceptors (Lipinski definition) is 8. The van der Waals surface area contributed by atoms with Gasteiger partial charge in [0, 0.05) is 33.8 Å². The van der Waals surface area contributed by atoms with Gasteiger partial charge in [-0.1, -0.05) is 42.4 Å². The van der Waals surface area contributed by atoms with E-state index >= 15 is 0 Å². The standard InChI is InChI=1S/C26H28N4O3S3/c1-7-17-16(4)34-12-20(17)23-28-29-26(30(23)5)36-13-21(31)27-24-22(25(32)33-6)19(11-35-24)18-10-14(2)8-9-15(18)3/h8-12H,7,13H2,1-6H3,(H,27,31). The number of nitrogens with zero attached hydrogens (tertiary/aromatic N) is 3. The van der Waals surface area contributed by atoms with Crippen LogP contribution in [0.25, 0.3) is 22.5 Å². The summed E-state index contributed by atoms with van der Waals surface area (Å²) < 4.78 is 6.97. The third kappa shape index (κ3) is 5.11. The lowest BCUT2D eigenvalue weighted by Crippen LogP contribution is -2.16. The number of rotatable bonds is 8. The first-order chi connectivity index (χ1) is 17.2. The average Bonchev–Trinajstić information content (AvgIpc) is 3.55. The molecular weight excluding hydrogens is 513 g/mol. The van der Waals surface area contributed by atoms with Crippen molar-refractivity contribution < 1.29 is 14.3 Å². The van der Waals surface area contributed by atoms with Crippen LogP contribution in [0.4, 0.5) is 5.00 Å². The normalized spacial score (nSPS) is 11.1. The number of thiophene rings is 2. The lowest BCUT2D eigenvalue weighted by Gasteiger charge is -2.10. The van der Waals surface area contributed by atoms with Crippen LogP contribution in [0.1, 0.15) is 38.8 Å². The Bertz CT molecular complexity index is 1430. The number of ether oxygens (including phenoxy) is 1. The maximum absolute atomic E-state index is 12.9. The van der Waals surface area contributed by atoms with Gasteiger partial charge < -0.3 is 14.6 Å². The number of amides is 1. The zero-order chi connectivity index (χ0) is 26.0. The predicted octanol–water partition coefficient (Wildman–Crippen LogP) is 6.28. The molecule has 1 aromatic carbocycles. The van der Waals surface area contributed by atoms with Gasteiger partial charge in [0.05, 0.1) is 12.9 Å². The van der Waals surface area contributed by atoms with E-state index in [1.165, 1.54) is 40.6 Å². The van der Waals surface area contributed by atoms with Gasteiger partial charge in [0.1, 0.15) is 10.6 Å². The number of carbonyl (C=O) groups is 2. The Balaban J connectivity index is 1.52. The van der Waals surface area contributed by atoms with Crippen molar-refractivity contribution >= 4 is 51.3 Å². The zero-order valence-electron chi connectivity index (χ0n) is 21.1. The summed E-state index contributed by atoms with van der Waals surface area (Å²) in [4.78, 5) is 26.8. The summed E-state index contributed by atoms with van der Waals surface area (Å²) in [5.41, 5.74) is 6.57. The molecule has 0 radical (unpaired) electrons. The van der Waals surface area contributed by atoms with E-state index in [1.807, 2.05) is 49.0 Å². The van der Waals surface area contributed by atoms with Crippen LogP contribution in [-0.2, 0) is 23.0 Å². The smallest absolute Gasteiger partial charge is 0.341 e. The molecule has 0 unspecified atom stereocenters. The third-order valence-electron chi connectivity index (χ3n) is 5.98. The molecule has 4 rings (SSSR count). The molecule has 0 aliphatic rings. The van der Waals surface area contributed by atoms with E-state index < -0.39 is 5.97 Å². The Morgan fingerprint density at radius 1 is 1.08 bits per heavy atom. The summed E-state index contributed by atoms with van der Waals surface area (Å²) in [6, 6.07) is 6.09. The van der Waals surface area contributed by atoms with Crippen molar-refractivity contribution in [2.75, 3.05) is 18.2 Å². The van der Waals surface area contributed by atoms with E-state index in [2.05, 4.69) is 34.7 Å². The van der Waals surface area contributed by atoms with Crippen molar-refractivity contribution in [2.45, 2.75) is 39.3 Å². The quantitative estimate of drug-likeness (QED) is 0.209. The fourth-order valence-corrected chi connectivity index (χ4v) is 6.67. The first-order valence-electron chi connectivity index (χ1n) is 11.4. The summed E-state index contributed by atoms with van der Waals surface area (Å²) in [6.07, 6.45) is 0.926. The molecule has 1 N–H and O–H groups in total. The first-order valence-corrected chi connectivity index (χ1v) is 14.2. The molecule has 0 fully saturated rings. The molecule has 7 nitrogen and oxygen atoms in total. The minimum atomic E-state index is -0.481. The zero-order valence-corrected chi connectivity index (χ0v) is 23.5. The highest BCUT2D eigenvalue weighted by molar-refractivity contribution is 7.99. The molecule has 0 spiro atoms. The number of benzene rings is 1. The number of esters is 1. The fourth-order valence-electron chi connectivity index (χ4n) is 4.05. The van der Waals surface area contributed by atoms with Crippen LogP contribution in [0.3, 0.4) is 0 Å². The van der Waals surface area contributed by atoms with Crippen LogP contribution >= 0.6 is 34.4 Å². The van der Waals surface area contributed by atoms with E-state index in [4.69, 9.17) is 4.74 Å². The molecule has 0 saturated carbocycles. The Labute approximate surface area is 222 Å². The highest BCUT2D eigenvalue weighted by atomic mass is 32.2. The highest BCUT2D eigenvalue weighted by Crippen LogP contribution is 2.38. The average molecular weight is 541 g/mol. The molecule has 0 atom stereocenters. The molecule has 0 aliphatic heterocycles. The van der Waals surface area contributed by atoms with Gasteiger partial charge in [0.25, 0.3) is 0 Å². The molecule has 3 heterocycles. The van der Waals surface area contributed by atoms with Crippen molar-refractivity contribution in [3.05, 3.63) is 56.1 Å². The first kappa shape index (κ1) is 26.1. The molecular formula is C26H28N4O3S3. The minimum Gasteiger partial charge on any atom is -0.465 e. The monoisotopic (exact) mass is 540 g/mol. The second-order valence-electron chi connectivity index (χ2n) is 8.40. The Morgan fingerprint density at radius 2 is 1.83 bits per heavy atom. The summed E-state index contributed by atoms with van der Waals surface area (Å²) in [5, 5.41) is 16.7. The van der Waals surface area contributed by atoms with Gasteiger partial charge in [-0.2, -0.15) is 0 Å². The molecule has 188 valence electrons. The van der Waals surface area contributed by atoms with Gasteiger partial charge in [-0.3, -0.25) is 4.79 Å². The number of carbonyl (C=O) groups excluding carboxylic acids is 2. The van der Waals surface area contributed by atoms with Crippen molar-refractivity contribution in [1.82, 2.24) is 14.8 Å². The van der Waals surface area contributed by atoms with Gasteiger partial charge in [-0.25, -0.2) is 4.79 Å². The van der Waals surface area contributed by atoms with Crippen LogP contribution in [0, 0.1) is 20.8 Å². The summed E-state index contributed by atoms with van der Waals surface area (Å²) in [7, 11) is 3.26. The largest absolute Gasteiger partial charge is 0.465 e. The van der Waals surface area contributed by atoms with Gasteiger partial charge in [-0.05, 0) is 43.9 Å². The number of hydrogen-bond donors (Lipinski definition) is 1. The van der Waals surface area contributed by atoms with Gasteiger partial charge in [0.2, 0.25) is 5.91 Å². The Morgan fingerprint density at radius 3 is 2.56 bits per heavy atom. The molecule has 0 aliphatic carbocycles. The molecule has 0 bridgehead atoms. The number of aryl methyl sites for hydroxylation is 3. The SMILES string of the molecule is CCc1c(-c2nnc(SCC(=O)Nc3scc(-c4cc(C)ccc4C)c3C(=O)OC)n2C)csc1C. The van der Waals surface area contributed by atoms with Crippen molar-refractivity contribution in [2.24, 2.45) is 7.05 Å². The van der Waals surface area contributed by atoms with Crippen LogP contribution < -0.4 is 5.32 Å². The third-order valence-corrected chi connectivity index (χ3v) is 8.85. The van der Waals surface area contributed by atoms with Gasteiger partial charge in [-0.15, -0.1) is 32.9 Å². The van der Waals surface area contributed by atoms with E-state index in [0.29, 0.717) is 15.7 Å². The molecule has 1 amide bonds. The molecule has 10 heteroatoms. The number of methoxy groups -OCH3 is 1. The number of thioether (sulfide) groups is 1. The second kappa shape index (κ2) is 11.0. The van der Waals surface area contributed by atoms with E-state index in [9.17, 15) is 9.59 Å². The Hall–Kier alpha value is -2.95. The maximum atomic E-state index is 12.9. The van der Waals surface area contributed by atoms with Crippen LogP contribution in [0.2, 0.25) is 0 Å². The topological polar surface area (TPSA) is 86.1 Å². The van der Waals surface area contributed by atoms with Crippen LogP contribution in [0.15, 0.2) is 34.1 Å². The fraction of sp³-hybridized carbons (Fsp3) is 0.308. The van der Waals surface area contributed by atoms with Crippen LogP contribution in [0.5, 0.6) is 0 Å².